The van der Waals surface area contributed by atoms with Crippen molar-refractivity contribution < 1.29 is 33.7 Å². The van der Waals surface area contributed by atoms with Crippen LogP contribution in [-0.4, -0.2) is 67.1 Å². The quantitative estimate of drug-likeness (QED) is 0.474. The standard InChI is InChI=1S/C20H26N2O7/c1-21(2)10-9-14-12-22(17-8-7-15(27-3)11-16(14)17)20(26)29-13-28-19(25)6-4-5-18(23)24/h7-8,11-12H,4-6,9-10,13H2,1-3H3,(H,23,24). The Morgan fingerprint density at radius 3 is 2.55 bits per heavy atom. The van der Waals surface area contributed by atoms with E-state index in [9.17, 15) is 14.4 Å². The Bertz CT molecular complexity index is 873. The minimum atomic E-state index is -0.981. The molecule has 0 aliphatic heterocycles. The van der Waals surface area contributed by atoms with E-state index < -0.39 is 24.8 Å². The average molecular weight is 406 g/mol. The summed E-state index contributed by atoms with van der Waals surface area (Å²) >= 11 is 0. The van der Waals surface area contributed by atoms with E-state index >= 15 is 0 Å². The van der Waals surface area contributed by atoms with Crippen molar-refractivity contribution in [1.82, 2.24) is 9.47 Å². The normalized spacial score (nSPS) is 10.9. The molecular formula is C20H26N2O7. The van der Waals surface area contributed by atoms with Gasteiger partial charge in [-0.05, 0) is 50.7 Å². The molecule has 1 aromatic heterocycles. The lowest BCUT2D eigenvalue weighted by Crippen LogP contribution is -2.17. The highest BCUT2D eigenvalue weighted by Crippen LogP contribution is 2.27. The molecule has 0 saturated heterocycles. The molecule has 29 heavy (non-hydrogen) atoms. The van der Waals surface area contributed by atoms with Crippen molar-refractivity contribution in [2.45, 2.75) is 25.7 Å². The van der Waals surface area contributed by atoms with Crippen LogP contribution < -0.4 is 4.74 Å². The van der Waals surface area contributed by atoms with Gasteiger partial charge < -0.3 is 24.2 Å². The summed E-state index contributed by atoms with van der Waals surface area (Å²) in [5.74, 6) is -0.914. The number of carboxylic acid groups (broad SMARTS) is 1. The number of ether oxygens (including phenoxy) is 3. The molecule has 158 valence electrons. The van der Waals surface area contributed by atoms with E-state index in [0.29, 0.717) is 11.3 Å². The first kappa shape index (κ1) is 22.2. The third-order valence-corrected chi connectivity index (χ3v) is 4.29. The van der Waals surface area contributed by atoms with Gasteiger partial charge in [-0.2, -0.15) is 0 Å². The van der Waals surface area contributed by atoms with Crippen LogP contribution in [0, 0.1) is 0 Å². The first-order valence-corrected chi connectivity index (χ1v) is 9.19. The number of carbonyl (C=O) groups is 3. The van der Waals surface area contributed by atoms with Crippen molar-refractivity contribution in [1.29, 1.82) is 0 Å². The Morgan fingerprint density at radius 1 is 1.14 bits per heavy atom. The molecule has 1 N–H and O–H groups in total. The maximum atomic E-state index is 12.5. The highest BCUT2D eigenvalue weighted by atomic mass is 16.7. The zero-order chi connectivity index (χ0) is 21.4. The molecule has 2 aromatic rings. The van der Waals surface area contributed by atoms with Gasteiger partial charge >= 0.3 is 18.0 Å². The van der Waals surface area contributed by atoms with Crippen molar-refractivity contribution >= 4 is 28.9 Å². The number of benzene rings is 1. The van der Waals surface area contributed by atoms with Crippen LogP contribution in [0.3, 0.4) is 0 Å². The highest BCUT2D eigenvalue weighted by Gasteiger charge is 2.16. The van der Waals surface area contributed by atoms with Crippen molar-refractivity contribution in [2.75, 3.05) is 34.5 Å². The van der Waals surface area contributed by atoms with Crippen LogP contribution in [0.2, 0.25) is 0 Å². The summed E-state index contributed by atoms with van der Waals surface area (Å²) in [5.41, 5.74) is 1.63. The Kier molecular flexibility index (Phi) is 8.02. The molecule has 0 radical (unpaired) electrons. The Balaban J connectivity index is 2.04. The van der Waals surface area contributed by atoms with Crippen LogP contribution in [0.1, 0.15) is 24.8 Å². The van der Waals surface area contributed by atoms with Crippen LogP contribution in [0.15, 0.2) is 24.4 Å². The van der Waals surface area contributed by atoms with Crippen LogP contribution in [0.5, 0.6) is 5.75 Å². The molecule has 0 fully saturated rings. The van der Waals surface area contributed by atoms with E-state index in [1.807, 2.05) is 25.1 Å². The van der Waals surface area contributed by atoms with E-state index in [1.54, 1.807) is 25.4 Å². The van der Waals surface area contributed by atoms with Gasteiger partial charge in [-0.1, -0.05) is 0 Å². The fourth-order valence-corrected chi connectivity index (χ4v) is 2.77. The molecule has 9 heteroatoms. The van der Waals surface area contributed by atoms with Gasteiger partial charge in [0.05, 0.1) is 12.6 Å². The second kappa shape index (κ2) is 10.5. The molecule has 0 bridgehead atoms. The number of esters is 1. The molecule has 0 aliphatic rings. The molecule has 2 rings (SSSR count). The molecule has 0 saturated carbocycles. The van der Waals surface area contributed by atoms with Gasteiger partial charge in [0.2, 0.25) is 6.79 Å². The largest absolute Gasteiger partial charge is 0.497 e. The summed E-state index contributed by atoms with van der Waals surface area (Å²) in [6, 6.07) is 5.39. The van der Waals surface area contributed by atoms with Crippen molar-refractivity contribution in [3.8, 4) is 5.75 Å². The number of likely N-dealkylation sites (N-methyl/N-ethyl adjacent to an activating group) is 1. The van der Waals surface area contributed by atoms with E-state index in [2.05, 4.69) is 0 Å². The summed E-state index contributed by atoms with van der Waals surface area (Å²) in [6.45, 7) is 0.271. The molecule has 0 amide bonds. The maximum absolute atomic E-state index is 12.5. The lowest BCUT2D eigenvalue weighted by Gasteiger charge is -2.08. The number of hydrogen-bond acceptors (Lipinski definition) is 7. The lowest BCUT2D eigenvalue weighted by atomic mass is 10.1. The summed E-state index contributed by atoms with van der Waals surface area (Å²) in [7, 11) is 5.52. The van der Waals surface area contributed by atoms with Gasteiger partial charge in [-0.15, -0.1) is 0 Å². The minimum Gasteiger partial charge on any atom is -0.497 e. The predicted molar refractivity (Wildman–Crippen MR) is 105 cm³/mol. The molecule has 9 nitrogen and oxygen atoms in total. The van der Waals surface area contributed by atoms with E-state index in [4.69, 9.17) is 19.3 Å². The Morgan fingerprint density at radius 2 is 1.90 bits per heavy atom. The van der Waals surface area contributed by atoms with Crippen LogP contribution in [0.4, 0.5) is 4.79 Å². The SMILES string of the molecule is COc1ccc2c(c1)c(CCN(C)C)cn2C(=O)OCOC(=O)CCCC(=O)O. The van der Waals surface area contributed by atoms with E-state index in [0.717, 1.165) is 23.9 Å². The Hall–Kier alpha value is -3.07. The van der Waals surface area contributed by atoms with Gasteiger partial charge in [-0.3, -0.25) is 14.2 Å². The summed E-state index contributed by atoms with van der Waals surface area (Å²) in [6.07, 6.45) is 1.77. The third kappa shape index (κ3) is 6.49. The average Bonchev–Trinajstić information content (AvgIpc) is 3.03. The maximum Gasteiger partial charge on any atom is 0.421 e. The second-order valence-electron chi connectivity index (χ2n) is 6.75. The molecule has 1 heterocycles. The number of carboxylic acids is 1. The summed E-state index contributed by atoms with van der Waals surface area (Å²) in [4.78, 5) is 36.5. The number of aliphatic carboxylic acids is 1. The second-order valence-corrected chi connectivity index (χ2v) is 6.75. The van der Waals surface area contributed by atoms with Crippen LogP contribution in [-0.2, 0) is 25.5 Å². The van der Waals surface area contributed by atoms with Gasteiger partial charge in [0, 0.05) is 31.0 Å². The minimum absolute atomic E-state index is 0.0508. The number of nitrogens with zero attached hydrogens (tertiary/aromatic N) is 2. The molecule has 1 aromatic carbocycles. The van der Waals surface area contributed by atoms with Gasteiger partial charge in [0.25, 0.3) is 0 Å². The number of aromatic nitrogens is 1. The van der Waals surface area contributed by atoms with Gasteiger partial charge in [0.15, 0.2) is 0 Å². The molecule has 0 atom stereocenters. The summed E-state index contributed by atoms with van der Waals surface area (Å²) < 4.78 is 16.5. The molecule has 0 spiro atoms. The number of methoxy groups -OCH3 is 1. The van der Waals surface area contributed by atoms with Crippen LogP contribution >= 0.6 is 0 Å². The zero-order valence-corrected chi connectivity index (χ0v) is 16.8. The molecular weight excluding hydrogens is 380 g/mol. The number of fused-ring (bicyclic) bond motifs is 1. The Labute approximate surface area is 168 Å². The number of hydrogen-bond donors (Lipinski definition) is 1. The van der Waals surface area contributed by atoms with E-state index in [-0.39, 0.29) is 19.3 Å². The number of rotatable bonds is 10. The van der Waals surface area contributed by atoms with Crippen molar-refractivity contribution in [3.05, 3.63) is 30.0 Å². The van der Waals surface area contributed by atoms with Gasteiger partial charge in [-0.25, -0.2) is 4.79 Å². The van der Waals surface area contributed by atoms with Crippen molar-refractivity contribution in [2.24, 2.45) is 0 Å². The lowest BCUT2D eigenvalue weighted by molar-refractivity contribution is -0.152. The first-order chi connectivity index (χ1) is 13.8. The van der Waals surface area contributed by atoms with Crippen LogP contribution in [0.25, 0.3) is 10.9 Å². The molecule has 0 unspecified atom stereocenters. The zero-order valence-electron chi connectivity index (χ0n) is 16.8. The predicted octanol–water partition coefficient (Wildman–Crippen LogP) is 2.49. The van der Waals surface area contributed by atoms with E-state index in [1.165, 1.54) is 4.57 Å². The monoisotopic (exact) mass is 406 g/mol. The fraction of sp³-hybridized carbons (Fsp3) is 0.450. The highest BCUT2D eigenvalue weighted by molar-refractivity contribution is 5.92. The number of carbonyl (C=O) groups excluding carboxylic acids is 2. The molecule has 0 aliphatic carbocycles. The fourth-order valence-electron chi connectivity index (χ4n) is 2.77. The summed E-state index contributed by atoms with van der Waals surface area (Å²) in [5, 5.41) is 9.44. The smallest absolute Gasteiger partial charge is 0.421 e. The first-order valence-electron chi connectivity index (χ1n) is 9.19. The third-order valence-electron chi connectivity index (χ3n) is 4.29. The van der Waals surface area contributed by atoms with Crippen molar-refractivity contribution in [3.63, 3.8) is 0 Å². The topological polar surface area (TPSA) is 107 Å². The van der Waals surface area contributed by atoms with Gasteiger partial charge in [0.1, 0.15) is 5.75 Å².